The molecule has 4 N–H and O–H groups in total. The van der Waals surface area contributed by atoms with E-state index in [1.807, 2.05) is 24.3 Å². The fraction of sp³-hybridized carbons (Fsp3) is 0.364. The highest BCUT2D eigenvalue weighted by Crippen LogP contribution is 2.34. The van der Waals surface area contributed by atoms with E-state index in [1.165, 1.54) is 13.1 Å². The van der Waals surface area contributed by atoms with Crippen molar-refractivity contribution in [2.75, 3.05) is 11.9 Å². The minimum Gasteiger partial charge on any atom is -0.358 e. The molecule has 0 spiro atoms. The van der Waals surface area contributed by atoms with Crippen LogP contribution in [0, 0.1) is 5.92 Å². The van der Waals surface area contributed by atoms with Gasteiger partial charge in [0.05, 0.1) is 11.6 Å². The van der Waals surface area contributed by atoms with E-state index in [9.17, 15) is 14.4 Å². The number of fused-ring (bicyclic) bond motifs is 1. The Bertz CT molecular complexity index is 978. The average molecular weight is 423 g/mol. The molecular formula is C22H25N5O4. The molecule has 2 saturated heterocycles. The van der Waals surface area contributed by atoms with Gasteiger partial charge in [-0.3, -0.25) is 9.59 Å². The van der Waals surface area contributed by atoms with Crippen LogP contribution in [-0.4, -0.2) is 35.7 Å². The number of anilines is 1. The van der Waals surface area contributed by atoms with Crippen LogP contribution in [0.15, 0.2) is 42.6 Å². The van der Waals surface area contributed by atoms with Gasteiger partial charge in [0.15, 0.2) is 0 Å². The fourth-order valence-corrected chi connectivity index (χ4v) is 4.01. The van der Waals surface area contributed by atoms with Gasteiger partial charge in [0.2, 0.25) is 5.91 Å². The number of nitrogens with one attached hydrogen (secondary N) is 4. The minimum absolute atomic E-state index is 0.139. The van der Waals surface area contributed by atoms with E-state index in [0.717, 1.165) is 24.0 Å². The number of carbonyl (C=O) groups excluding carboxylic acids is 3. The van der Waals surface area contributed by atoms with Crippen LogP contribution >= 0.6 is 0 Å². The number of rotatable bonds is 5. The first-order valence-electron chi connectivity index (χ1n) is 10.3. The van der Waals surface area contributed by atoms with E-state index in [1.54, 1.807) is 12.1 Å². The van der Waals surface area contributed by atoms with E-state index in [0.29, 0.717) is 24.5 Å². The third-order valence-corrected chi connectivity index (χ3v) is 5.45. The Kier molecular flexibility index (Phi) is 6.13. The van der Waals surface area contributed by atoms with Gasteiger partial charge in [0.1, 0.15) is 12.0 Å². The molecule has 2 fully saturated rings. The van der Waals surface area contributed by atoms with Crippen molar-refractivity contribution in [1.29, 1.82) is 0 Å². The predicted octanol–water partition coefficient (Wildman–Crippen LogP) is 2.08. The van der Waals surface area contributed by atoms with Gasteiger partial charge in [-0.15, -0.1) is 0 Å². The van der Waals surface area contributed by atoms with Gasteiger partial charge in [0, 0.05) is 32.2 Å². The molecule has 1 aromatic heterocycles. The summed E-state index contributed by atoms with van der Waals surface area (Å²) in [5.74, 6) is 0.0686. The predicted molar refractivity (Wildman–Crippen MR) is 113 cm³/mol. The van der Waals surface area contributed by atoms with E-state index >= 15 is 0 Å². The van der Waals surface area contributed by atoms with Crippen molar-refractivity contribution in [3.05, 3.63) is 59.3 Å². The van der Waals surface area contributed by atoms with Gasteiger partial charge in [0.25, 0.3) is 5.91 Å². The Hall–Kier alpha value is -3.46. The van der Waals surface area contributed by atoms with E-state index < -0.39 is 0 Å². The summed E-state index contributed by atoms with van der Waals surface area (Å²) in [5.41, 5.74) is 2.32. The lowest BCUT2D eigenvalue weighted by Gasteiger charge is -2.42. The standard InChI is InChI=1S/C22H25N5O4/c1-13(28)25-18-8-7-16(12-23-18)20(29)24-11-14-4-2-5-15(10-14)19-17-6-3-9-31-21(17)27-22(30)26-19/h2,4-5,7-8,10,12,17,19,21H,3,6,9,11H2,1H3,(H,24,29)(H,23,25,28)(H2,26,27,30)/t17-,19-,21-/m0/s1. The second-order valence-electron chi connectivity index (χ2n) is 7.73. The summed E-state index contributed by atoms with van der Waals surface area (Å²) in [6, 6.07) is 10.7. The largest absolute Gasteiger partial charge is 0.358 e. The maximum atomic E-state index is 12.4. The van der Waals surface area contributed by atoms with Crippen LogP contribution < -0.4 is 21.3 Å². The first-order valence-corrected chi connectivity index (χ1v) is 10.3. The number of hydrogen-bond acceptors (Lipinski definition) is 5. The molecule has 0 aliphatic carbocycles. The minimum atomic E-state index is -0.274. The molecule has 0 radical (unpaired) electrons. The molecule has 4 amide bonds. The summed E-state index contributed by atoms with van der Waals surface area (Å²) >= 11 is 0. The van der Waals surface area contributed by atoms with Crippen LogP contribution in [0.4, 0.5) is 10.6 Å². The molecule has 2 aliphatic rings. The molecule has 9 heteroatoms. The van der Waals surface area contributed by atoms with Gasteiger partial charge >= 0.3 is 6.03 Å². The molecule has 1 aromatic carbocycles. The molecule has 2 aliphatic heterocycles. The van der Waals surface area contributed by atoms with Crippen molar-refractivity contribution in [2.45, 2.75) is 38.6 Å². The first-order chi connectivity index (χ1) is 15.0. The molecule has 0 saturated carbocycles. The second kappa shape index (κ2) is 9.13. The zero-order chi connectivity index (χ0) is 21.8. The highest BCUT2D eigenvalue weighted by atomic mass is 16.5. The quantitative estimate of drug-likeness (QED) is 0.587. The SMILES string of the molecule is CC(=O)Nc1ccc(C(=O)NCc2cccc([C@@H]3NC(=O)N[C@H]4OCCC[C@H]43)c2)cn1. The number of aromatic nitrogens is 1. The molecule has 9 nitrogen and oxygen atoms in total. The lowest BCUT2D eigenvalue weighted by atomic mass is 9.85. The summed E-state index contributed by atoms with van der Waals surface area (Å²) in [5, 5.41) is 11.3. The van der Waals surface area contributed by atoms with Crippen LogP contribution in [-0.2, 0) is 16.1 Å². The zero-order valence-corrected chi connectivity index (χ0v) is 17.2. The lowest BCUT2D eigenvalue weighted by Crippen LogP contribution is -2.58. The number of benzene rings is 1. The van der Waals surface area contributed by atoms with Crippen LogP contribution in [0.5, 0.6) is 0 Å². The van der Waals surface area contributed by atoms with Crippen molar-refractivity contribution in [1.82, 2.24) is 20.9 Å². The topological polar surface area (TPSA) is 121 Å². The van der Waals surface area contributed by atoms with Crippen molar-refractivity contribution in [2.24, 2.45) is 5.92 Å². The van der Waals surface area contributed by atoms with Crippen molar-refractivity contribution < 1.29 is 19.1 Å². The number of ether oxygens (including phenoxy) is 1. The first kappa shape index (κ1) is 20.8. The smallest absolute Gasteiger partial charge is 0.317 e. The Labute approximate surface area is 180 Å². The number of hydrogen-bond donors (Lipinski definition) is 4. The number of amides is 4. The Balaban J connectivity index is 1.41. The third-order valence-electron chi connectivity index (χ3n) is 5.45. The Morgan fingerprint density at radius 3 is 2.87 bits per heavy atom. The Morgan fingerprint density at radius 2 is 2.10 bits per heavy atom. The second-order valence-corrected chi connectivity index (χ2v) is 7.73. The molecule has 4 rings (SSSR count). The van der Waals surface area contributed by atoms with Crippen molar-refractivity contribution in [3.63, 3.8) is 0 Å². The summed E-state index contributed by atoms with van der Waals surface area (Å²) in [4.78, 5) is 39.6. The van der Waals surface area contributed by atoms with Crippen LogP contribution in [0.25, 0.3) is 0 Å². The highest BCUT2D eigenvalue weighted by Gasteiger charge is 2.39. The van der Waals surface area contributed by atoms with Gasteiger partial charge in [-0.1, -0.05) is 24.3 Å². The molecule has 3 atom stereocenters. The van der Waals surface area contributed by atoms with Crippen molar-refractivity contribution >= 4 is 23.7 Å². The molecule has 162 valence electrons. The maximum absolute atomic E-state index is 12.4. The number of urea groups is 1. The third kappa shape index (κ3) is 5.00. The number of nitrogens with zero attached hydrogens (tertiary/aromatic N) is 1. The van der Waals surface area contributed by atoms with Gasteiger partial charge in [-0.25, -0.2) is 9.78 Å². The fourth-order valence-electron chi connectivity index (χ4n) is 4.01. The molecular weight excluding hydrogens is 398 g/mol. The maximum Gasteiger partial charge on any atom is 0.317 e. The normalized spacial score (nSPS) is 22.5. The summed E-state index contributed by atoms with van der Waals surface area (Å²) < 4.78 is 5.73. The van der Waals surface area contributed by atoms with E-state index in [2.05, 4.69) is 26.3 Å². The molecule has 0 bridgehead atoms. The average Bonchev–Trinajstić information content (AvgIpc) is 2.77. The van der Waals surface area contributed by atoms with Gasteiger partial charge < -0.3 is 26.0 Å². The van der Waals surface area contributed by atoms with E-state index in [4.69, 9.17) is 4.74 Å². The molecule has 0 unspecified atom stereocenters. The molecule has 2 aromatic rings. The lowest BCUT2D eigenvalue weighted by molar-refractivity contribution is -0.114. The summed E-state index contributed by atoms with van der Waals surface area (Å²) in [7, 11) is 0. The van der Waals surface area contributed by atoms with Crippen molar-refractivity contribution in [3.8, 4) is 0 Å². The molecule has 31 heavy (non-hydrogen) atoms. The summed E-state index contributed by atoms with van der Waals surface area (Å²) in [6.07, 6.45) is 3.07. The number of carbonyl (C=O) groups is 3. The van der Waals surface area contributed by atoms with Crippen LogP contribution in [0.1, 0.15) is 47.3 Å². The van der Waals surface area contributed by atoms with Gasteiger partial charge in [-0.2, -0.15) is 0 Å². The number of pyridine rings is 1. The Morgan fingerprint density at radius 1 is 1.23 bits per heavy atom. The summed E-state index contributed by atoms with van der Waals surface area (Å²) in [6.45, 7) is 2.39. The highest BCUT2D eigenvalue weighted by molar-refractivity contribution is 5.94. The van der Waals surface area contributed by atoms with E-state index in [-0.39, 0.29) is 36.0 Å². The van der Waals surface area contributed by atoms with Crippen LogP contribution in [0.2, 0.25) is 0 Å². The van der Waals surface area contributed by atoms with Crippen LogP contribution in [0.3, 0.4) is 0 Å². The van der Waals surface area contributed by atoms with Gasteiger partial charge in [-0.05, 0) is 36.1 Å². The molecule has 3 heterocycles. The monoisotopic (exact) mass is 423 g/mol. The zero-order valence-electron chi connectivity index (χ0n) is 17.2.